The van der Waals surface area contributed by atoms with Crippen LogP contribution in [0.1, 0.15) is 101 Å². The molecule has 8 heterocycles. The molecule has 1 atom stereocenters. The van der Waals surface area contributed by atoms with E-state index in [0.29, 0.717) is 24.0 Å². The molecule has 6 aliphatic rings. The Morgan fingerprint density at radius 1 is 0.597 bits per heavy atom. The number of aromatic nitrogens is 4. The average Bonchev–Trinajstić information content (AvgIpc) is 3.93. The number of morpholine rings is 2. The van der Waals surface area contributed by atoms with Gasteiger partial charge in [-0.2, -0.15) is 0 Å². The Balaban J connectivity index is 0.000000158. The Labute approximate surface area is 371 Å². The normalized spacial score (nSPS) is 26.0. The Bertz CT molecular complexity index is 2040. The lowest BCUT2D eigenvalue weighted by Gasteiger charge is -2.43. The number of aromatic amines is 2. The molecule has 4 aliphatic heterocycles. The molecule has 0 bridgehead atoms. The maximum atomic E-state index is 5.50. The number of rotatable bonds is 10. The van der Waals surface area contributed by atoms with E-state index in [1.54, 1.807) is 0 Å². The van der Waals surface area contributed by atoms with Crippen molar-refractivity contribution in [2.24, 2.45) is 0 Å². The summed E-state index contributed by atoms with van der Waals surface area (Å²) >= 11 is 0. The van der Waals surface area contributed by atoms with Crippen LogP contribution < -0.4 is 0 Å². The number of fused-ring (bicyclic) bond motifs is 2. The molecule has 0 aromatic carbocycles. The molecule has 2 N–H and O–H groups in total. The summed E-state index contributed by atoms with van der Waals surface area (Å²) in [5, 5.41) is 2.63. The van der Waals surface area contributed by atoms with Gasteiger partial charge in [0, 0.05) is 167 Å². The van der Waals surface area contributed by atoms with Crippen molar-refractivity contribution >= 4 is 27.4 Å². The minimum Gasteiger partial charge on any atom is -0.379 e. The fraction of sp³-hybridized carbons (Fsp3) is 0.680. The lowest BCUT2D eigenvalue weighted by molar-refractivity contribution is 0.0337. The van der Waals surface area contributed by atoms with Crippen molar-refractivity contribution in [3.05, 3.63) is 65.5 Å². The summed E-state index contributed by atoms with van der Waals surface area (Å²) < 4.78 is 11.0. The van der Waals surface area contributed by atoms with E-state index in [0.717, 1.165) is 84.6 Å². The van der Waals surface area contributed by atoms with E-state index in [9.17, 15) is 0 Å². The van der Waals surface area contributed by atoms with Crippen molar-refractivity contribution in [3.63, 3.8) is 0 Å². The molecule has 4 aromatic heterocycles. The van der Waals surface area contributed by atoms with Gasteiger partial charge in [-0.05, 0) is 102 Å². The molecule has 4 aromatic rings. The molecule has 0 amide bonds. The Morgan fingerprint density at radius 3 is 1.65 bits per heavy atom. The molecular weight excluding hydrogens is 773 g/mol. The molecule has 62 heavy (non-hydrogen) atoms. The van der Waals surface area contributed by atoms with Crippen molar-refractivity contribution < 1.29 is 9.47 Å². The molecule has 1 saturated carbocycles. The minimum atomic E-state index is 0.601. The maximum Gasteiger partial charge on any atom is 0.0752 e. The standard InChI is InChI=1S/C25H39N5O.C25H37N5O/c2*1-19(2)29-9-11-30(12-10-29)22-5-3-20(4-6-22)25-23-17-21(27-24(23)7-8-26-25)18-28-13-15-31-16-14-28/h7-8,17,19-20,22,27H,3-6,9-16,18H2,1-2H3;3,7-8,17,19,22,27H,4-6,9-16,18H2,1-2H3. The van der Waals surface area contributed by atoms with Crippen LogP contribution in [-0.2, 0) is 22.6 Å². The number of H-pyrrole nitrogens is 2. The lowest BCUT2D eigenvalue weighted by Crippen LogP contribution is -2.52. The molecular formula is C50H76N10O2. The van der Waals surface area contributed by atoms with Crippen LogP contribution in [0.3, 0.4) is 0 Å². The van der Waals surface area contributed by atoms with E-state index in [4.69, 9.17) is 19.4 Å². The number of pyridine rings is 2. The third-order valence-corrected chi connectivity index (χ3v) is 15.2. The fourth-order valence-electron chi connectivity index (χ4n) is 11.3. The van der Waals surface area contributed by atoms with E-state index >= 15 is 0 Å². The molecule has 10 rings (SSSR count). The van der Waals surface area contributed by atoms with Gasteiger partial charge in [-0.15, -0.1) is 0 Å². The second-order valence-electron chi connectivity index (χ2n) is 19.6. The first-order chi connectivity index (χ1) is 30.3. The zero-order chi connectivity index (χ0) is 42.4. The molecule has 2 aliphatic carbocycles. The average molecular weight is 849 g/mol. The van der Waals surface area contributed by atoms with E-state index in [1.165, 1.54) is 135 Å². The van der Waals surface area contributed by atoms with Gasteiger partial charge < -0.3 is 19.4 Å². The van der Waals surface area contributed by atoms with Gasteiger partial charge in [0.1, 0.15) is 0 Å². The number of piperazine rings is 2. The molecule has 12 heteroatoms. The summed E-state index contributed by atoms with van der Waals surface area (Å²) in [7, 11) is 0. The summed E-state index contributed by atoms with van der Waals surface area (Å²) in [6.45, 7) is 28.4. The van der Waals surface area contributed by atoms with E-state index in [1.807, 2.05) is 12.4 Å². The molecule has 0 spiro atoms. The smallest absolute Gasteiger partial charge is 0.0752 e. The summed E-state index contributed by atoms with van der Waals surface area (Å²) in [6.07, 6.45) is 15.1. The van der Waals surface area contributed by atoms with Gasteiger partial charge in [0.2, 0.25) is 0 Å². The second-order valence-corrected chi connectivity index (χ2v) is 19.6. The zero-order valence-electron chi connectivity index (χ0n) is 38.5. The summed E-state index contributed by atoms with van der Waals surface area (Å²) in [5.74, 6) is 0.601. The number of ether oxygens (including phenoxy) is 2. The highest BCUT2D eigenvalue weighted by Crippen LogP contribution is 2.38. The van der Waals surface area contributed by atoms with Crippen molar-refractivity contribution in [2.75, 3.05) is 105 Å². The van der Waals surface area contributed by atoms with Crippen LogP contribution in [0.25, 0.3) is 27.4 Å². The van der Waals surface area contributed by atoms with Crippen LogP contribution in [0, 0.1) is 0 Å². The predicted molar refractivity (Wildman–Crippen MR) is 252 cm³/mol. The van der Waals surface area contributed by atoms with Crippen molar-refractivity contribution in [2.45, 2.75) is 116 Å². The van der Waals surface area contributed by atoms with E-state index in [-0.39, 0.29) is 0 Å². The van der Waals surface area contributed by atoms with Gasteiger partial charge in [-0.25, -0.2) is 0 Å². The third-order valence-electron chi connectivity index (χ3n) is 15.2. The minimum absolute atomic E-state index is 0.601. The molecule has 4 saturated heterocycles. The zero-order valence-corrected chi connectivity index (χ0v) is 38.5. The third kappa shape index (κ3) is 10.7. The van der Waals surface area contributed by atoms with E-state index in [2.05, 4.69) is 97.4 Å². The first-order valence-electron chi connectivity index (χ1n) is 24.5. The maximum absolute atomic E-state index is 5.50. The SMILES string of the molecule is CC(C)N1CCN(C2CC=C(c3nccc4[nH]c(CN5CCOCC5)cc34)CC2)CC1.CC(C)N1CCN(C2CCC(c3nccc4[nH]c(CN5CCOCC5)cc34)CC2)CC1. The molecule has 0 radical (unpaired) electrons. The lowest BCUT2D eigenvalue weighted by atomic mass is 9.82. The number of hydrogen-bond acceptors (Lipinski definition) is 10. The van der Waals surface area contributed by atoms with Crippen molar-refractivity contribution in [1.29, 1.82) is 0 Å². The first kappa shape index (κ1) is 44.0. The van der Waals surface area contributed by atoms with Crippen LogP contribution in [0.15, 0.2) is 42.7 Å². The van der Waals surface area contributed by atoms with Crippen LogP contribution in [-0.4, -0.2) is 178 Å². The van der Waals surface area contributed by atoms with Crippen LogP contribution >= 0.6 is 0 Å². The topological polar surface area (TPSA) is 95.3 Å². The molecule has 1 unspecified atom stereocenters. The number of hydrogen-bond donors (Lipinski definition) is 2. The van der Waals surface area contributed by atoms with Crippen molar-refractivity contribution in [1.82, 2.24) is 49.3 Å². The van der Waals surface area contributed by atoms with Crippen LogP contribution in [0.4, 0.5) is 0 Å². The van der Waals surface area contributed by atoms with Crippen LogP contribution in [0.5, 0.6) is 0 Å². The quantitative estimate of drug-likeness (QED) is 0.178. The van der Waals surface area contributed by atoms with Gasteiger partial charge in [0.15, 0.2) is 0 Å². The number of allylic oxidation sites excluding steroid dienone is 1. The highest BCUT2D eigenvalue weighted by atomic mass is 16.5. The van der Waals surface area contributed by atoms with Gasteiger partial charge >= 0.3 is 0 Å². The second kappa shape index (κ2) is 20.7. The largest absolute Gasteiger partial charge is 0.379 e. The van der Waals surface area contributed by atoms with Gasteiger partial charge in [-0.1, -0.05) is 6.08 Å². The summed E-state index contributed by atoms with van der Waals surface area (Å²) in [5.41, 5.74) is 8.99. The monoisotopic (exact) mass is 849 g/mol. The Kier molecular flexibility index (Phi) is 14.7. The first-order valence-corrected chi connectivity index (χ1v) is 24.5. The molecule has 12 nitrogen and oxygen atoms in total. The number of nitrogens with one attached hydrogen (secondary N) is 2. The molecule has 5 fully saturated rings. The Hall–Kier alpha value is -3.20. The molecule has 338 valence electrons. The van der Waals surface area contributed by atoms with Gasteiger partial charge in [-0.3, -0.25) is 39.4 Å². The van der Waals surface area contributed by atoms with Gasteiger partial charge in [0.25, 0.3) is 0 Å². The van der Waals surface area contributed by atoms with E-state index < -0.39 is 0 Å². The highest BCUT2D eigenvalue weighted by Gasteiger charge is 2.31. The Morgan fingerprint density at radius 2 is 1.11 bits per heavy atom. The van der Waals surface area contributed by atoms with Crippen molar-refractivity contribution in [3.8, 4) is 0 Å². The summed E-state index contributed by atoms with van der Waals surface area (Å²) in [4.78, 5) is 32.6. The van der Waals surface area contributed by atoms with Crippen LogP contribution in [0.2, 0.25) is 0 Å². The summed E-state index contributed by atoms with van der Waals surface area (Å²) in [6, 6.07) is 11.8. The predicted octanol–water partition coefficient (Wildman–Crippen LogP) is 6.80. The number of nitrogens with zero attached hydrogens (tertiary/aromatic N) is 8. The fourth-order valence-corrected chi connectivity index (χ4v) is 11.3. The highest BCUT2D eigenvalue weighted by molar-refractivity contribution is 5.91. The van der Waals surface area contributed by atoms with Gasteiger partial charge in [0.05, 0.1) is 37.8 Å².